The number of carbonyl (C=O) groups excluding carboxylic acids is 1. The number of nitrogens with one attached hydrogen (secondary N) is 1. The Bertz CT molecular complexity index is 447. The summed E-state index contributed by atoms with van der Waals surface area (Å²) >= 11 is 0. The molecule has 0 spiro atoms. The number of hydrogen-bond acceptors (Lipinski definition) is 4. The predicted molar refractivity (Wildman–Crippen MR) is 69.4 cm³/mol. The van der Waals surface area contributed by atoms with Crippen LogP contribution in [0.2, 0.25) is 0 Å². The molecule has 0 fully saturated rings. The number of carbonyl (C=O) groups is 1. The van der Waals surface area contributed by atoms with E-state index in [1.165, 1.54) is 12.1 Å². The van der Waals surface area contributed by atoms with Gasteiger partial charge in [-0.15, -0.1) is 0 Å². The average molecular weight is 252 g/mol. The Labute approximate surface area is 106 Å². The van der Waals surface area contributed by atoms with Crippen molar-refractivity contribution < 1.29 is 9.21 Å². The van der Waals surface area contributed by atoms with Gasteiger partial charge < -0.3 is 15.5 Å². The van der Waals surface area contributed by atoms with Crippen LogP contribution in [0.4, 0.5) is 0 Å². The summed E-state index contributed by atoms with van der Waals surface area (Å²) in [6.45, 7) is 6.40. The third-order valence-electron chi connectivity index (χ3n) is 2.69. The van der Waals surface area contributed by atoms with Crippen LogP contribution in [0.5, 0.6) is 0 Å². The molecule has 0 aromatic carbocycles. The van der Waals surface area contributed by atoms with E-state index >= 15 is 0 Å². The van der Waals surface area contributed by atoms with Crippen molar-refractivity contribution in [2.45, 2.75) is 32.7 Å². The van der Waals surface area contributed by atoms with E-state index in [9.17, 15) is 9.59 Å². The van der Waals surface area contributed by atoms with Crippen molar-refractivity contribution in [1.29, 1.82) is 0 Å². The molecule has 1 rings (SSSR count). The second kappa shape index (κ2) is 5.82. The highest BCUT2D eigenvalue weighted by Crippen LogP contribution is 2.16. The quantitative estimate of drug-likeness (QED) is 0.822. The van der Waals surface area contributed by atoms with Crippen molar-refractivity contribution in [1.82, 2.24) is 5.32 Å². The molecular weight excluding hydrogens is 232 g/mol. The molecule has 1 amide bonds. The van der Waals surface area contributed by atoms with Crippen molar-refractivity contribution in [3.05, 3.63) is 34.4 Å². The highest BCUT2D eigenvalue weighted by molar-refractivity contribution is 5.94. The highest BCUT2D eigenvalue weighted by atomic mass is 16.4. The molecule has 0 aliphatic rings. The Morgan fingerprint density at radius 3 is 2.61 bits per heavy atom. The molecule has 1 aromatic heterocycles. The van der Waals surface area contributed by atoms with Gasteiger partial charge in [-0.05, 0) is 25.3 Å². The molecule has 1 heterocycles. The van der Waals surface area contributed by atoms with Gasteiger partial charge in [0.1, 0.15) is 6.26 Å². The Balaban J connectivity index is 2.79. The van der Waals surface area contributed by atoms with E-state index in [1.54, 1.807) is 0 Å². The van der Waals surface area contributed by atoms with Crippen LogP contribution < -0.4 is 16.7 Å². The molecule has 1 aromatic rings. The Kier molecular flexibility index (Phi) is 4.67. The molecule has 0 radical (unpaired) electrons. The highest BCUT2D eigenvalue weighted by Gasteiger charge is 2.26. The number of amides is 1. The third kappa shape index (κ3) is 4.00. The van der Waals surface area contributed by atoms with Gasteiger partial charge in [-0.2, -0.15) is 0 Å². The lowest BCUT2D eigenvalue weighted by Gasteiger charge is -2.31. The lowest BCUT2D eigenvalue weighted by Crippen LogP contribution is -2.52. The van der Waals surface area contributed by atoms with Gasteiger partial charge in [0.25, 0.3) is 5.91 Å². The normalized spacial score (nSPS) is 14.3. The van der Waals surface area contributed by atoms with Gasteiger partial charge in [0, 0.05) is 18.2 Å². The fourth-order valence-corrected chi connectivity index (χ4v) is 1.92. The summed E-state index contributed by atoms with van der Waals surface area (Å²) < 4.78 is 4.66. The van der Waals surface area contributed by atoms with Gasteiger partial charge in [-0.1, -0.05) is 13.8 Å². The number of nitrogens with two attached hydrogens (primary N) is 1. The van der Waals surface area contributed by atoms with E-state index in [0.717, 1.165) is 12.7 Å². The molecule has 1 atom stereocenters. The molecule has 1 unspecified atom stereocenters. The van der Waals surface area contributed by atoms with Crippen LogP contribution in [-0.2, 0) is 0 Å². The van der Waals surface area contributed by atoms with E-state index in [2.05, 4.69) is 23.6 Å². The van der Waals surface area contributed by atoms with Crippen LogP contribution >= 0.6 is 0 Å². The summed E-state index contributed by atoms with van der Waals surface area (Å²) in [5.74, 6) is 0.139. The third-order valence-corrected chi connectivity index (χ3v) is 2.69. The molecule has 5 nitrogen and oxygen atoms in total. The first-order valence-corrected chi connectivity index (χ1v) is 5.98. The molecule has 3 N–H and O–H groups in total. The van der Waals surface area contributed by atoms with Gasteiger partial charge in [0.2, 0.25) is 0 Å². The second-order valence-corrected chi connectivity index (χ2v) is 5.16. The fourth-order valence-electron chi connectivity index (χ4n) is 1.92. The molecule has 0 saturated carbocycles. The van der Waals surface area contributed by atoms with Crippen molar-refractivity contribution in [2.24, 2.45) is 11.7 Å². The Hall–Kier alpha value is -1.62. The Morgan fingerprint density at radius 2 is 2.17 bits per heavy atom. The molecule has 0 aliphatic carbocycles. The van der Waals surface area contributed by atoms with E-state index in [1.807, 2.05) is 6.92 Å². The SMILES string of the molecule is CC(C)CC(C)(CN)NC(=O)c1ccc(=O)oc1. The second-order valence-electron chi connectivity index (χ2n) is 5.16. The minimum atomic E-state index is -0.477. The monoisotopic (exact) mass is 252 g/mol. The molecule has 100 valence electrons. The molecule has 18 heavy (non-hydrogen) atoms. The molecule has 0 saturated heterocycles. The maximum absolute atomic E-state index is 12.0. The molecular formula is C13H20N2O3. The molecule has 5 heteroatoms. The van der Waals surface area contributed by atoms with Crippen LogP contribution in [0.3, 0.4) is 0 Å². The van der Waals surface area contributed by atoms with Crippen molar-refractivity contribution in [3.63, 3.8) is 0 Å². The largest absolute Gasteiger partial charge is 0.430 e. The fraction of sp³-hybridized carbons (Fsp3) is 0.538. The van der Waals surface area contributed by atoms with Crippen LogP contribution in [-0.4, -0.2) is 18.0 Å². The summed E-state index contributed by atoms with van der Waals surface area (Å²) in [7, 11) is 0. The standard InChI is InChI=1S/C13H20N2O3/c1-9(2)6-13(3,8-14)15-12(17)10-4-5-11(16)18-7-10/h4-5,7,9H,6,8,14H2,1-3H3,(H,15,17). The van der Waals surface area contributed by atoms with Gasteiger partial charge in [0.15, 0.2) is 0 Å². The summed E-state index contributed by atoms with van der Waals surface area (Å²) in [5, 5.41) is 2.88. The lowest BCUT2D eigenvalue weighted by atomic mass is 9.90. The summed E-state index contributed by atoms with van der Waals surface area (Å²) in [5.41, 5.74) is 5.10. The zero-order valence-electron chi connectivity index (χ0n) is 11.0. The van der Waals surface area contributed by atoms with Gasteiger partial charge >= 0.3 is 5.63 Å². The van der Waals surface area contributed by atoms with E-state index in [4.69, 9.17) is 5.73 Å². The lowest BCUT2D eigenvalue weighted by molar-refractivity contribution is 0.0896. The van der Waals surface area contributed by atoms with Crippen LogP contribution in [0.25, 0.3) is 0 Å². The van der Waals surface area contributed by atoms with E-state index in [-0.39, 0.29) is 5.91 Å². The van der Waals surface area contributed by atoms with E-state index in [0.29, 0.717) is 18.0 Å². The maximum atomic E-state index is 12.0. The minimum Gasteiger partial charge on any atom is -0.430 e. The molecule has 0 aliphatic heterocycles. The van der Waals surface area contributed by atoms with Gasteiger partial charge in [0.05, 0.1) is 5.56 Å². The summed E-state index contributed by atoms with van der Waals surface area (Å²) in [6, 6.07) is 2.66. The smallest absolute Gasteiger partial charge is 0.335 e. The first-order chi connectivity index (χ1) is 8.36. The first-order valence-electron chi connectivity index (χ1n) is 5.98. The summed E-state index contributed by atoms with van der Waals surface area (Å²) in [6.07, 6.45) is 1.94. The number of hydrogen-bond donors (Lipinski definition) is 2. The van der Waals surface area contributed by atoms with Crippen LogP contribution in [0.1, 0.15) is 37.6 Å². The first kappa shape index (κ1) is 14.4. The minimum absolute atomic E-state index is 0.285. The zero-order chi connectivity index (χ0) is 13.8. The zero-order valence-corrected chi connectivity index (χ0v) is 11.0. The van der Waals surface area contributed by atoms with E-state index < -0.39 is 11.2 Å². The summed E-state index contributed by atoms with van der Waals surface area (Å²) in [4.78, 5) is 22.8. The van der Waals surface area contributed by atoms with Crippen molar-refractivity contribution in [2.75, 3.05) is 6.54 Å². The topological polar surface area (TPSA) is 85.3 Å². The van der Waals surface area contributed by atoms with Crippen LogP contribution in [0.15, 0.2) is 27.6 Å². The number of rotatable bonds is 5. The predicted octanol–water partition coefficient (Wildman–Crippen LogP) is 1.13. The van der Waals surface area contributed by atoms with Crippen LogP contribution in [0, 0.1) is 5.92 Å². The average Bonchev–Trinajstić information content (AvgIpc) is 2.28. The Morgan fingerprint density at radius 1 is 1.50 bits per heavy atom. The maximum Gasteiger partial charge on any atom is 0.335 e. The van der Waals surface area contributed by atoms with Gasteiger partial charge in [-0.3, -0.25) is 4.79 Å². The van der Waals surface area contributed by atoms with Gasteiger partial charge in [-0.25, -0.2) is 4.79 Å². The van der Waals surface area contributed by atoms with Crippen molar-refractivity contribution >= 4 is 5.91 Å². The molecule has 0 bridgehead atoms. The van der Waals surface area contributed by atoms with Crippen molar-refractivity contribution in [3.8, 4) is 0 Å².